The number of amides is 1. The number of nitrogens with zero attached hydrogens (tertiary/aromatic N) is 1. The highest BCUT2D eigenvalue weighted by molar-refractivity contribution is 5.92. The summed E-state index contributed by atoms with van der Waals surface area (Å²) in [5.41, 5.74) is 11.4. The summed E-state index contributed by atoms with van der Waals surface area (Å²) in [6.45, 7) is 0. The molecule has 0 saturated carbocycles. The SMILES string of the molecule is N#Cc1c(N)cccc1C#CC(N)=O. The molecule has 1 amide bonds. The molecule has 0 radical (unpaired) electrons. The van der Waals surface area contributed by atoms with Gasteiger partial charge in [-0.15, -0.1) is 0 Å². The van der Waals surface area contributed by atoms with E-state index in [2.05, 4.69) is 11.8 Å². The number of rotatable bonds is 0. The van der Waals surface area contributed by atoms with Crippen molar-refractivity contribution < 1.29 is 4.79 Å². The first kappa shape index (κ1) is 9.63. The van der Waals surface area contributed by atoms with Crippen LogP contribution in [0.1, 0.15) is 11.1 Å². The smallest absolute Gasteiger partial charge is 0.293 e. The molecule has 4 nitrogen and oxygen atoms in total. The maximum atomic E-state index is 10.4. The third-order valence-corrected chi connectivity index (χ3v) is 1.53. The Labute approximate surface area is 81.1 Å². The van der Waals surface area contributed by atoms with Gasteiger partial charge in [-0.1, -0.05) is 12.0 Å². The molecule has 0 saturated heterocycles. The number of hydrogen-bond acceptors (Lipinski definition) is 3. The van der Waals surface area contributed by atoms with E-state index in [-0.39, 0.29) is 5.56 Å². The van der Waals surface area contributed by atoms with E-state index in [9.17, 15) is 4.79 Å². The van der Waals surface area contributed by atoms with Crippen molar-refractivity contribution in [3.8, 4) is 17.9 Å². The Morgan fingerprint density at radius 1 is 1.43 bits per heavy atom. The first-order valence-electron chi connectivity index (χ1n) is 3.75. The van der Waals surface area contributed by atoms with Gasteiger partial charge in [-0.2, -0.15) is 5.26 Å². The Kier molecular flexibility index (Phi) is 2.73. The summed E-state index contributed by atoms with van der Waals surface area (Å²) in [6, 6.07) is 6.76. The van der Waals surface area contributed by atoms with Crippen molar-refractivity contribution in [2.45, 2.75) is 0 Å². The fourth-order valence-corrected chi connectivity index (χ4v) is 0.928. The minimum atomic E-state index is -0.740. The Bertz CT molecular complexity index is 474. The van der Waals surface area contributed by atoms with Gasteiger partial charge in [-0.3, -0.25) is 4.79 Å². The minimum absolute atomic E-state index is 0.265. The van der Waals surface area contributed by atoms with Gasteiger partial charge < -0.3 is 11.5 Å². The Morgan fingerprint density at radius 2 is 2.14 bits per heavy atom. The maximum Gasteiger partial charge on any atom is 0.293 e. The van der Waals surface area contributed by atoms with Crippen LogP contribution in [0.15, 0.2) is 18.2 Å². The van der Waals surface area contributed by atoms with E-state index < -0.39 is 5.91 Å². The number of carbonyl (C=O) groups is 1. The van der Waals surface area contributed by atoms with E-state index in [0.717, 1.165) is 0 Å². The van der Waals surface area contributed by atoms with Crippen LogP contribution in [0.5, 0.6) is 0 Å². The molecule has 68 valence electrons. The van der Waals surface area contributed by atoms with Gasteiger partial charge in [0.05, 0.1) is 11.3 Å². The number of nitriles is 1. The molecule has 4 N–H and O–H groups in total. The van der Waals surface area contributed by atoms with Gasteiger partial charge in [0.15, 0.2) is 0 Å². The van der Waals surface area contributed by atoms with Crippen molar-refractivity contribution in [1.82, 2.24) is 0 Å². The average molecular weight is 185 g/mol. The molecule has 1 aromatic carbocycles. The summed E-state index contributed by atoms with van der Waals surface area (Å²) < 4.78 is 0. The third kappa shape index (κ3) is 2.02. The molecular weight excluding hydrogens is 178 g/mol. The summed E-state index contributed by atoms with van der Waals surface area (Å²) in [7, 11) is 0. The fourth-order valence-electron chi connectivity index (χ4n) is 0.928. The van der Waals surface area contributed by atoms with E-state index in [1.54, 1.807) is 18.2 Å². The summed E-state index contributed by atoms with van der Waals surface area (Å²) in [5.74, 6) is 3.88. The zero-order chi connectivity index (χ0) is 10.6. The number of nitrogen functional groups attached to an aromatic ring is 1. The van der Waals surface area contributed by atoms with Crippen molar-refractivity contribution >= 4 is 11.6 Å². The molecule has 0 fully saturated rings. The second kappa shape index (κ2) is 3.97. The summed E-state index contributed by atoms with van der Waals surface area (Å²) >= 11 is 0. The van der Waals surface area contributed by atoms with Gasteiger partial charge in [0, 0.05) is 11.5 Å². The number of primary amides is 1. The van der Waals surface area contributed by atoms with E-state index in [0.29, 0.717) is 11.3 Å². The normalized spacial score (nSPS) is 8.21. The monoisotopic (exact) mass is 185 g/mol. The van der Waals surface area contributed by atoms with Gasteiger partial charge in [0.25, 0.3) is 5.91 Å². The molecule has 14 heavy (non-hydrogen) atoms. The van der Waals surface area contributed by atoms with Crippen LogP contribution >= 0.6 is 0 Å². The lowest BCUT2D eigenvalue weighted by molar-refractivity contribution is -0.112. The number of carbonyl (C=O) groups excluding carboxylic acids is 1. The second-order valence-corrected chi connectivity index (χ2v) is 2.50. The van der Waals surface area contributed by atoms with Crippen molar-refractivity contribution in [1.29, 1.82) is 5.26 Å². The molecular formula is C10H7N3O. The number of hydrogen-bond donors (Lipinski definition) is 2. The highest BCUT2D eigenvalue weighted by Crippen LogP contribution is 2.14. The van der Waals surface area contributed by atoms with Crippen LogP contribution in [0.4, 0.5) is 5.69 Å². The lowest BCUT2D eigenvalue weighted by Gasteiger charge is -1.97. The number of benzene rings is 1. The summed E-state index contributed by atoms with van der Waals surface area (Å²) in [5, 5.41) is 8.75. The quantitative estimate of drug-likeness (QED) is 0.439. The van der Waals surface area contributed by atoms with Crippen molar-refractivity contribution in [3.63, 3.8) is 0 Å². The van der Waals surface area contributed by atoms with E-state index in [4.69, 9.17) is 16.7 Å². The molecule has 0 heterocycles. The van der Waals surface area contributed by atoms with Crippen LogP contribution in [0.25, 0.3) is 0 Å². The van der Waals surface area contributed by atoms with Crippen LogP contribution in [0.3, 0.4) is 0 Å². The molecule has 0 atom stereocenters. The molecule has 4 heteroatoms. The second-order valence-electron chi connectivity index (χ2n) is 2.50. The maximum absolute atomic E-state index is 10.4. The van der Waals surface area contributed by atoms with Gasteiger partial charge in [-0.05, 0) is 12.1 Å². The number of nitrogens with two attached hydrogens (primary N) is 2. The predicted octanol–water partition coefficient (Wildman–Crippen LogP) is -0.0227. The molecule has 0 unspecified atom stereocenters. The van der Waals surface area contributed by atoms with Crippen LogP contribution in [-0.4, -0.2) is 5.91 Å². The van der Waals surface area contributed by atoms with Crippen LogP contribution in [-0.2, 0) is 4.79 Å². The fraction of sp³-hybridized carbons (Fsp3) is 0. The molecule has 0 aromatic heterocycles. The Balaban J connectivity index is 3.25. The molecule has 0 aliphatic heterocycles. The van der Waals surface area contributed by atoms with E-state index in [1.165, 1.54) is 0 Å². The average Bonchev–Trinajstić information content (AvgIpc) is 2.14. The van der Waals surface area contributed by atoms with Gasteiger partial charge in [0.2, 0.25) is 0 Å². The van der Waals surface area contributed by atoms with Crippen molar-refractivity contribution in [2.75, 3.05) is 5.73 Å². The molecule has 0 aliphatic carbocycles. The third-order valence-electron chi connectivity index (χ3n) is 1.53. The first-order valence-corrected chi connectivity index (χ1v) is 3.75. The predicted molar refractivity (Wildman–Crippen MR) is 51.6 cm³/mol. The number of anilines is 1. The molecule has 0 spiro atoms. The Morgan fingerprint density at radius 3 is 2.71 bits per heavy atom. The topological polar surface area (TPSA) is 92.9 Å². The lowest BCUT2D eigenvalue weighted by atomic mass is 10.1. The summed E-state index contributed by atoms with van der Waals surface area (Å²) in [4.78, 5) is 10.4. The van der Waals surface area contributed by atoms with Gasteiger partial charge >= 0.3 is 0 Å². The zero-order valence-corrected chi connectivity index (χ0v) is 7.24. The molecule has 1 rings (SSSR count). The highest BCUT2D eigenvalue weighted by Gasteiger charge is 2.02. The molecule has 0 aliphatic rings. The Hall–Kier alpha value is -2.46. The van der Waals surface area contributed by atoms with Crippen LogP contribution < -0.4 is 11.5 Å². The van der Waals surface area contributed by atoms with Crippen LogP contribution in [0.2, 0.25) is 0 Å². The van der Waals surface area contributed by atoms with Gasteiger partial charge in [0.1, 0.15) is 6.07 Å². The van der Waals surface area contributed by atoms with Crippen LogP contribution in [0, 0.1) is 23.2 Å². The first-order chi connectivity index (χ1) is 6.65. The van der Waals surface area contributed by atoms with Gasteiger partial charge in [-0.25, -0.2) is 0 Å². The minimum Gasteiger partial charge on any atom is -0.398 e. The van der Waals surface area contributed by atoms with E-state index in [1.807, 2.05) is 6.07 Å². The molecule has 0 bridgehead atoms. The largest absolute Gasteiger partial charge is 0.398 e. The highest BCUT2D eigenvalue weighted by atomic mass is 16.1. The lowest BCUT2D eigenvalue weighted by Crippen LogP contribution is -2.06. The van der Waals surface area contributed by atoms with Crippen molar-refractivity contribution in [3.05, 3.63) is 29.3 Å². The van der Waals surface area contributed by atoms with Crippen molar-refractivity contribution in [2.24, 2.45) is 5.73 Å². The summed E-state index contributed by atoms with van der Waals surface area (Å²) in [6.07, 6.45) is 0. The van der Waals surface area contributed by atoms with E-state index >= 15 is 0 Å². The molecule has 1 aromatic rings. The standard InChI is InChI=1S/C10H7N3O/c11-6-8-7(4-5-10(13)14)2-1-3-9(8)12/h1-3H,12H2,(H2,13,14). The zero-order valence-electron chi connectivity index (χ0n) is 7.24.